The van der Waals surface area contributed by atoms with Crippen LogP contribution < -0.4 is 10.5 Å². The van der Waals surface area contributed by atoms with Gasteiger partial charge in [0.25, 0.3) is 0 Å². The predicted octanol–water partition coefficient (Wildman–Crippen LogP) is -2.23. The summed E-state index contributed by atoms with van der Waals surface area (Å²) in [5.74, 6) is 0.202. The number of fused-ring (bicyclic) bond motifs is 1. The van der Waals surface area contributed by atoms with Crippen LogP contribution in [-0.2, 0) is 19.2 Å². The van der Waals surface area contributed by atoms with Crippen molar-refractivity contribution in [1.82, 2.24) is 24.5 Å². The Labute approximate surface area is 136 Å². The lowest BCUT2D eigenvalue weighted by atomic mass is 10.2. The molecule has 0 amide bonds. The van der Waals surface area contributed by atoms with Gasteiger partial charge < -0.3 is 20.7 Å². The average molecular weight is 360 g/mol. The Morgan fingerprint density at radius 1 is 1.38 bits per heavy atom. The van der Waals surface area contributed by atoms with E-state index in [-0.39, 0.29) is 11.5 Å². The topological polar surface area (TPSA) is 175 Å². The van der Waals surface area contributed by atoms with E-state index in [2.05, 4.69) is 19.2 Å². The highest BCUT2D eigenvalue weighted by Crippen LogP contribution is 2.32. The second-order valence-corrected chi connectivity index (χ2v) is 6.63. The van der Waals surface area contributed by atoms with Crippen molar-refractivity contribution in [1.29, 1.82) is 0 Å². The zero-order valence-corrected chi connectivity index (χ0v) is 13.5. The third-order valence-corrected chi connectivity index (χ3v) is 4.61. The number of nitrogens with one attached hydrogen (secondary N) is 1. The average Bonchev–Trinajstić information content (AvgIpc) is 3.00. The number of nitrogens with zero attached hydrogens (tertiary/aromatic N) is 4. The maximum Gasteiger partial charge on any atom is 0.337 e. The Kier molecular flexibility index (Phi) is 4.15. The number of hydrogen-bond donors (Lipinski definition) is 4. The molecule has 0 aliphatic carbocycles. The Balaban J connectivity index is 1.98. The molecule has 2 aromatic heterocycles. The molecule has 1 aliphatic heterocycles. The molecule has 4 atom stereocenters. The van der Waals surface area contributed by atoms with E-state index < -0.39 is 35.0 Å². The Hall–Kier alpha value is -1.90. The van der Waals surface area contributed by atoms with Gasteiger partial charge in [0, 0.05) is 0 Å². The van der Waals surface area contributed by atoms with E-state index in [1.54, 1.807) is 6.92 Å². The van der Waals surface area contributed by atoms with E-state index >= 15 is 0 Å². The third kappa shape index (κ3) is 2.70. The molecule has 132 valence electrons. The molecular formula is C11H16N6O6S. The fourth-order valence-corrected chi connectivity index (χ4v) is 3.07. The van der Waals surface area contributed by atoms with E-state index in [4.69, 9.17) is 10.5 Å². The summed E-state index contributed by atoms with van der Waals surface area (Å²) in [5.41, 5.74) is 6.57. The number of aliphatic hydroxyl groups is 2. The molecule has 0 unspecified atom stereocenters. The molecule has 1 saturated heterocycles. The predicted molar refractivity (Wildman–Crippen MR) is 79.5 cm³/mol. The van der Waals surface area contributed by atoms with Crippen molar-refractivity contribution >= 4 is 27.2 Å². The Bertz CT molecular complexity index is 869. The number of ether oxygens (including phenoxy) is 1. The zero-order chi connectivity index (χ0) is 17.6. The molecule has 1 fully saturated rings. The highest BCUT2D eigenvalue weighted by Gasteiger charge is 2.46. The van der Waals surface area contributed by atoms with Crippen LogP contribution in [0, 0.1) is 6.92 Å². The van der Waals surface area contributed by atoms with Crippen LogP contribution in [0.3, 0.4) is 0 Å². The standard InChI is InChI=1S/C11H16N6O6S/c1-4-5-8(12)13-3-14-9(5)17(15-4)11-7(19)6(18)10(23-11)16-24(20,21)22-2/h3,6-7,10-11,16,18-19H,1-2H3,(H2,12,13,14)/t6-,7+,10+,11+/m0/s1. The number of nitrogens with two attached hydrogens (primary N) is 1. The molecule has 1 aliphatic rings. The van der Waals surface area contributed by atoms with Crippen molar-refractivity contribution in [2.45, 2.75) is 31.6 Å². The maximum absolute atomic E-state index is 11.4. The zero-order valence-electron chi connectivity index (χ0n) is 12.7. The van der Waals surface area contributed by atoms with Crippen LogP contribution in [0.15, 0.2) is 6.33 Å². The highest BCUT2D eigenvalue weighted by atomic mass is 32.2. The van der Waals surface area contributed by atoms with E-state index in [0.29, 0.717) is 11.1 Å². The monoisotopic (exact) mass is 360 g/mol. The first-order valence-corrected chi connectivity index (χ1v) is 8.20. The van der Waals surface area contributed by atoms with E-state index in [0.717, 1.165) is 7.11 Å². The van der Waals surface area contributed by atoms with Crippen molar-refractivity contribution < 1.29 is 27.6 Å². The minimum Gasteiger partial charge on any atom is -0.386 e. The van der Waals surface area contributed by atoms with Gasteiger partial charge in [-0.25, -0.2) is 14.6 Å². The van der Waals surface area contributed by atoms with E-state index in [1.165, 1.54) is 11.0 Å². The van der Waals surface area contributed by atoms with Gasteiger partial charge in [0.2, 0.25) is 0 Å². The molecule has 12 nitrogen and oxygen atoms in total. The fraction of sp³-hybridized carbons (Fsp3) is 0.545. The smallest absolute Gasteiger partial charge is 0.337 e. The van der Waals surface area contributed by atoms with Gasteiger partial charge in [-0.2, -0.15) is 18.2 Å². The van der Waals surface area contributed by atoms with Gasteiger partial charge in [0.15, 0.2) is 18.1 Å². The summed E-state index contributed by atoms with van der Waals surface area (Å²) < 4.78 is 35.7. The minimum absolute atomic E-state index is 0.202. The summed E-state index contributed by atoms with van der Waals surface area (Å²) in [4.78, 5) is 7.92. The quantitative estimate of drug-likeness (QED) is 0.467. The molecular weight excluding hydrogens is 344 g/mol. The molecule has 3 rings (SSSR count). The minimum atomic E-state index is -4.13. The number of anilines is 1. The molecule has 0 saturated carbocycles. The summed E-state index contributed by atoms with van der Waals surface area (Å²) in [5, 5.41) is 24.9. The van der Waals surface area contributed by atoms with Gasteiger partial charge >= 0.3 is 10.3 Å². The van der Waals surface area contributed by atoms with Crippen molar-refractivity contribution in [2.24, 2.45) is 0 Å². The summed E-state index contributed by atoms with van der Waals surface area (Å²) >= 11 is 0. The van der Waals surface area contributed by atoms with Crippen LogP contribution in [0.25, 0.3) is 11.0 Å². The summed E-state index contributed by atoms with van der Waals surface area (Å²) in [6.07, 6.45) is -4.39. The summed E-state index contributed by atoms with van der Waals surface area (Å²) in [6, 6.07) is 0. The van der Waals surface area contributed by atoms with Crippen LogP contribution in [0.4, 0.5) is 5.82 Å². The largest absolute Gasteiger partial charge is 0.386 e. The highest BCUT2D eigenvalue weighted by molar-refractivity contribution is 7.84. The van der Waals surface area contributed by atoms with Crippen molar-refractivity contribution in [3.05, 3.63) is 12.0 Å². The number of rotatable bonds is 4. The second kappa shape index (κ2) is 5.87. The number of hydrogen-bond acceptors (Lipinski definition) is 10. The Morgan fingerprint density at radius 2 is 2.08 bits per heavy atom. The molecule has 24 heavy (non-hydrogen) atoms. The number of aromatic nitrogens is 4. The van der Waals surface area contributed by atoms with E-state index in [1.807, 2.05) is 4.72 Å². The van der Waals surface area contributed by atoms with Gasteiger partial charge in [-0.3, -0.25) is 4.18 Å². The van der Waals surface area contributed by atoms with Crippen molar-refractivity contribution in [3.8, 4) is 0 Å². The first-order chi connectivity index (χ1) is 11.2. The SMILES string of the molecule is COS(=O)(=O)N[C@@H]1O[C@@H](n2nc(C)c3c(N)ncnc32)[C@H](O)[C@@H]1O. The van der Waals surface area contributed by atoms with Crippen molar-refractivity contribution in [2.75, 3.05) is 12.8 Å². The lowest BCUT2D eigenvalue weighted by molar-refractivity contribution is -0.0454. The first-order valence-electron chi connectivity index (χ1n) is 6.80. The molecule has 13 heteroatoms. The second-order valence-electron chi connectivity index (χ2n) is 5.15. The van der Waals surface area contributed by atoms with Gasteiger partial charge in [0.1, 0.15) is 24.4 Å². The summed E-state index contributed by atoms with van der Waals surface area (Å²) in [6.45, 7) is 1.67. The molecule has 0 radical (unpaired) electrons. The normalized spacial score (nSPS) is 27.8. The lowest BCUT2D eigenvalue weighted by Gasteiger charge is -2.15. The van der Waals surface area contributed by atoms with Crippen LogP contribution in [0.2, 0.25) is 0 Å². The summed E-state index contributed by atoms with van der Waals surface area (Å²) in [7, 11) is -3.18. The van der Waals surface area contributed by atoms with Crippen LogP contribution in [0.5, 0.6) is 0 Å². The van der Waals surface area contributed by atoms with Crippen LogP contribution >= 0.6 is 0 Å². The fourth-order valence-electron chi connectivity index (χ4n) is 2.50. The van der Waals surface area contributed by atoms with Gasteiger partial charge in [-0.05, 0) is 6.92 Å². The van der Waals surface area contributed by atoms with E-state index in [9.17, 15) is 18.6 Å². The molecule has 2 aromatic rings. The number of nitrogen functional groups attached to an aromatic ring is 1. The third-order valence-electron chi connectivity index (χ3n) is 3.65. The molecule has 0 bridgehead atoms. The number of aryl methyl sites for hydroxylation is 1. The molecule has 0 spiro atoms. The van der Waals surface area contributed by atoms with Crippen molar-refractivity contribution in [3.63, 3.8) is 0 Å². The molecule has 0 aromatic carbocycles. The molecule has 5 N–H and O–H groups in total. The molecule has 3 heterocycles. The van der Waals surface area contributed by atoms with Gasteiger partial charge in [-0.15, -0.1) is 0 Å². The number of aliphatic hydroxyl groups excluding tert-OH is 2. The van der Waals surface area contributed by atoms with Gasteiger partial charge in [0.05, 0.1) is 18.2 Å². The maximum atomic E-state index is 11.4. The Morgan fingerprint density at radius 3 is 2.75 bits per heavy atom. The van der Waals surface area contributed by atoms with Gasteiger partial charge in [-0.1, -0.05) is 0 Å². The lowest BCUT2D eigenvalue weighted by Crippen LogP contribution is -2.43. The van der Waals surface area contributed by atoms with Crippen LogP contribution in [-0.4, -0.2) is 63.9 Å². The first kappa shape index (κ1) is 16.9. The van der Waals surface area contributed by atoms with Crippen LogP contribution in [0.1, 0.15) is 11.9 Å².